The van der Waals surface area contributed by atoms with Gasteiger partial charge in [0.2, 0.25) is 0 Å². The lowest BCUT2D eigenvalue weighted by atomic mass is 9.69. The Morgan fingerprint density at radius 1 is 1.19 bits per heavy atom. The van der Waals surface area contributed by atoms with E-state index in [-0.39, 0.29) is 11.6 Å². The Hall–Kier alpha value is -0.0151. The average Bonchev–Trinajstić information content (AvgIpc) is 2.69. The number of fused-ring (bicyclic) bond motifs is 2. The van der Waals surface area contributed by atoms with E-state index in [4.69, 9.17) is 9.47 Å². The molecule has 0 aromatic heterocycles. The Morgan fingerprint density at radius 2 is 1.81 bits per heavy atom. The van der Waals surface area contributed by atoms with Crippen LogP contribution in [-0.2, 0) is 9.47 Å². The minimum Gasteiger partial charge on any atom is -0.375 e. The third kappa shape index (κ3) is 1.55. The van der Waals surface area contributed by atoms with Crippen molar-refractivity contribution in [1.82, 2.24) is 0 Å². The van der Waals surface area contributed by atoms with Gasteiger partial charge in [0.05, 0.1) is 24.3 Å². The van der Waals surface area contributed by atoms with E-state index in [0.717, 1.165) is 6.61 Å². The minimum absolute atomic E-state index is 0.0214. The molecule has 2 aliphatic rings. The second-order valence-corrected chi connectivity index (χ2v) is 6.36. The van der Waals surface area contributed by atoms with E-state index in [0.29, 0.717) is 29.8 Å². The number of hydrogen-bond donors (Lipinski definition) is 0. The first-order chi connectivity index (χ1) is 7.40. The Labute approximate surface area is 100 Å². The zero-order valence-electron chi connectivity index (χ0n) is 11.5. The van der Waals surface area contributed by atoms with E-state index in [1.54, 1.807) is 0 Å². The molecule has 0 amide bonds. The van der Waals surface area contributed by atoms with E-state index in [1.165, 1.54) is 0 Å². The third-order valence-electron chi connectivity index (χ3n) is 4.78. The summed E-state index contributed by atoms with van der Waals surface area (Å²) in [4.78, 5) is 0. The van der Waals surface area contributed by atoms with Crippen LogP contribution in [0.5, 0.6) is 0 Å². The van der Waals surface area contributed by atoms with Crippen LogP contribution in [0.15, 0.2) is 0 Å². The highest BCUT2D eigenvalue weighted by Gasteiger charge is 2.62. The lowest BCUT2D eigenvalue weighted by Gasteiger charge is -2.40. The summed E-state index contributed by atoms with van der Waals surface area (Å²) < 4.78 is 12.3. The summed E-state index contributed by atoms with van der Waals surface area (Å²) in [5.41, 5.74) is -0.0214. The van der Waals surface area contributed by atoms with Gasteiger partial charge in [-0.15, -0.1) is 0 Å². The van der Waals surface area contributed by atoms with Crippen molar-refractivity contribution < 1.29 is 9.47 Å². The van der Waals surface area contributed by atoms with Gasteiger partial charge in [-0.1, -0.05) is 34.6 Å². The summed E-state index contributed by atoms with van der Waals surface area (Å²) in [5.74, 6) is 2.42. The van der Waals surface area contributed by atoms with Crippen LogP contribution in [0.4, 0.5) is 0 Å². The topological polar surface area (TPSA) is 18.5 Å². The van der Waals surface area contributed by atoms with Gasteiger partial charge >= 0.3 is 0 Å². The van der Waals surface area contributed by atoms with E-state index >= 15 is 0 Å². The van der Waals surface area contributed by atoms with E-state index in [1.807, 2.05) is 0 Å². The average molecular weight is 224 g/mol. The van der Waals surface area contributed by atoms with E-state index in [2.05, 4.69) is 42.5 Å². The SMILES string of the molecule is B[C@@H]1O[C@]2([C@H](C)C(C)C)CO[C@H]1[C@H]2C(C)C. The van der Waals surface area contributed by atoms with Gasteiger partial charge in [0.1, 0.15) is 7.85 Å². The zero-order chi connectivity index (χ0) is 12.1. The fraction of sp³-hybridized carbons (Fsp3) is 1.00. The van der Waals surface area contributed by atoms with Crippen LogP contribution in [0.25, 0.3) is 0 Å². The Bertz CT molecular complexity index is 267. The van der Waals surface area contributed by atoms with E-state index < -0.39 is 0 Å². The molecule has 2 saturated heterocycles. The molecule has 2 fully saturated rings. The van der Waals surface area contributed by atoms with Crippen LogP contribution < -0.4 is 0 Å². The molecule has 0 aromatic rings. The highest BCUT2D eigenvalue weighted by molar-refractivity contribution is 6.11. The second kappa shape index (κ2) is 4.02. The Balaban J connectivity index is 2.31. The molecule has 0 saturated carbocycles. The summed E-state index contributed by atoms with van der Waals surface area (Å²) in [7, 11) is 2.16. The predicted molar refractivity (Wildman–Crippen MR) is 68.2 cm³/mol. The zero-order valence-corrected chi connectivity index (χ0v) is 11.5. The molecule has 5 atom stereocenters. The molecule has 2 heterocycles. The molecule has 2 rings (SSSR count). The van der Waals surface area contributed by atoms with Gasteiger partial charge in [-0.25, -0.2) is 0 Å². The van der Waals surface area contributed by atoms with Gasteiger partial charge in [-0.3, -0.25) is 0 Å². The lowest BCUT2D eigenvalue weighted by Crippen LogP contribution is -2.47. The van der Waals surface area contributed by atoms with Gasteiger partial charge < -0.3 is 9.47 Å². The molecule has 0 unspecified atom stereocenters. The molecule has 92 valence electrons. The summed E-state index contributed by atoms with van der Waals surface area (Å²) in [6.45, 7) is 12.3. The normalized spacial score (nSPS) is 44.6. The van der Waals surface area contributed by atoms with Crippen LogP contribution >= 0.6 is 0 Å². The summed E-state index contributed by atoms with van der Waals surface area (Å²) in [6.07, 6.45) is 0.321. The Morgan fingerprint density at radius 3 is 2.25 bits per heavy atom. The first kappa shape index (κ1) is 12.4. The number of rotatable bonds is 3. The van der Waals surface area contributed by atoms with Crippen LogP contribution in [0.1, 0.15) is 34.6 Å². The van der Waals surface area contributed by atoms with Gasteiger partial charge in [0, 0.05) is 5.92 Å². The molecule has 2 bridgehead atoms. The summed E-state index contributed by atoms with van der Waals surface area (Å²) in [6, 6.07) is 0.266. The predicted octanol–water partition coefficient (Wildman–Crippen LogP) is 1.68. The molecular formula is C13H25BO2. The molecule has 0 spiro atoms. The molecule has 0 radical (unpaired) electrons. The number of ether oxygens (including phenoxy) is 2. The first-order valence-electron chi connectivity index (χ1n) is 6.69. The van der Waals surface area contributed by atoms with Crippen molar-refractivity contribution in [1.29, 1.82) is 0 Å². The molecule has 2 aliphatic heterocycles. The van der Waals surface area contributed by atoms with Gasteiger partial charge in [0.25, 0.3) is 0 Å². The summed E-state index contributed by atoms with van der Waals surface area (Å²) in [5, 5.41) is 0. The second-order valence-electron chi connectivity index (χ2n) is 6.36. The van der Waals surface area contributed by atoms with Crippen molar-refractivity contribution in [2.75, 3.05) is 6.61 Å². The molecule has 0 aromatic carbocycles. The molecule has 3 heteroatoms. The molecule has 16 heavy (non-hydrogen) atoms. The van der Waals surface area contributed by atoms with Crippen LogP contribution in [0.3, 0.4) is 0 Å². The maximum Gasteiger partial charge on any atom is 0.142 e. The van der Waals surface area contributed by atoms with Crippen molar-refractivity contribution in [2.45, 2.75) is 52.3 Å². The molecule has 0 aliphatic carbocycles. The van der Waals surface area contributed by atoms with Gasteiger partial charge in [-0.2, -0.15) is 0 Å². The van der Waals surface area contributed by atoms with E-state index in [9.17, 15) is 0 Å². The third-order valence-corrected chi connectivity index (χ3v) is 4.78. The van der Waals surface area contributed by atoms with Crippen molar-refractivity contribution in [3.05, 3.63) is 0 Å². The standard InChI is InChI=1S/C13H25BO2/c1-7(2)9(5)13-6-15-11(12(14)16-13)10(13)8(3)4/h7-12H,6,14H2,1-5H3/t9-,10-,11+,12-,13+/m1/s1. The smallest absolute Gasteiger partial charge is 0.142 e. The molecule has 0 N–H and O–H groups in total. The van der Waals surface area contributed by atoms with Crippen molar-refractivity contribution in [3.63, 3.8) is 0 Å². The fourth-order valence-corrected chi connectivity index (χ4v) is 3.71. The van der Waals surface area contributed by atoms with Crippen molar-refractivity contribution in [2.24, 2.45) is 23.7 Å². The highest BCUT2D eigenvalue weighted by atomic mass is 16.6. The van der Waals surface area contributed by atoms with Gasteiger partial charge in [0.15, 0.2) is 0 Å². The fourth-order valence-electron chi connectivity index (χ4n) is 3.71. The lowest BCUT2D eigenvalue weighted by molar-refractivity contribution is -0.146. The molecule has 2 nitrogen and oxygen atoms in total. The maximum absolute atomic E-state index is 6.32. The minimum atomic E-state index is -0.0214. The van der Waals surface area contributed by atoms with Crippen molar-refractivity contribution >= 4 is 7.85 Å². The first-order valence-corrected chi connectivity index (χ1v) is 6.69. The monoisotopic (exact) mass is 224 g/mol. The number of hydrogen-bond acceptors (Lipinski definition) is 2. The highest BCUT2D eigenvalue weighted by Crippen LogP contribution is 2.52. The van der Waals surface area contributed by atoms with Crippen LogP contribution in [-0.4, -0.2) is 32.2 Å². The van der Waals surface area contributed by atoms with Crippen molar-refractivity contribution in [3.8, 4) is 0 Å². The molecular weight excluding hydrogens is 199 g/mol. The van der Waals surface area contributed by atoms with Crippen LogP contribution in [0.2, 0.25) is 0 Å². The quantitative estimate of drug-likeness (QED) is 0.679. The summed E-state index contributed by atoms with van der Waals surface area (Å²) >= 11 is 0. The maximum atomic E-state index is 6.32. The largest absolute Gasteiger partial charge is 0.375 e. The Kier molecular flexibility index (Phi) is 3.13. The van der Waals surface area contributed by atoms with Crippen LogP contribution in [0, 0.1) is 23.7 Å². The van der Waals surface area contributed by atoms with Gasteiger partial charge in [-0.05, 0) is 17.8 Å².